The highest BCUT2D eigenvalue weighted by Gasteiger charge is 2.14. The number of halogens is 2. The molecule has 27 heavy (non-hydrogen) atoms. The number of thiazole rings is 1. The van der Waals surface area contributed by atoms with Gasteiger partial charge in [-0.15, -0.1) is 11.3 Å². The number of hydrogen-bond acceptors (Lipinski definition) is 4. The van der Waals surface area contributed by atoms with Gasteiger partial charge in [-0.3, -0.25) is 10.1 Å². The third-order valence-corrected chi connectivity index (χ3v) is 6.14. The fourth-order valence-corrected chi connectivity index (χ4v) is 4.25. The first-order valence-electron chi connectivity index (χ1n) is 8.61. The van der Waals surface area contributed by atoms with E-state index in [4.69, 9.17) is 23.2 Å². The fourth-order valence-electron chi connectivity index (χ4n) is 3.09. The molecule has 0 saturated heterocycles. The van der Waals surface area contributed by atoms with Crippen molar-refractivity contribution >= 4 is 45.6 Å². The summed E-state index contributed by atoms with van der Waals surface area (Å²) in [6.45, 7) is 1.81. The summed E-state index contributed by atoms with van der Waals surface area (Å²) in [6.07, 6.45) is 3.42. The van der Waals surface area contributed by atoms with Crippen LogP contribution in [0.25, 0.3) is 0 Å². The monoisotopic (exact) mass is 417 g/mol. The molecule has 0 fully saturated rings. The lowest BCUT2D eigenvalue weighted by molar-refractivity contribution is 0.102. The molecule has 4 rings (SSSR count). The van der Waals surface area contributed by atoms with E-state index in [1.54, 1.807) is 12.3 Å². The van der Waals surface area contributed by atoms with Gasteiger partial charge in [0.25, 0.3) is 5.91 Å². The van der Waals surface area contributed by atoms with E-state index in [-0.39, 0.29) is 5.91 Å². The van der Waals surface area contributed by atoms with Gasteiger partial charge in [-0.25, -0.2) is 4.98 Å². The number of aromatic nitrogens is 1. The maximum atomic E-state index is 12.6. The number of rotatable bonds is 4. The molecule has 4 nitrogen and oxygen atoms in total. The van der Waals surface area contributed by atoms with Crippen LogP contribution in [0.5, 0.6) is 0 Å². The van der Waals surface area contributed by atoms with E-state index >= 15 is 0 Å². The van der Waals surface area contributed by atoms with Gasteiger partial charge in [-0.1, -0.05) is 35.3 Å². The lowest BCUT2D eigenvalue weighted by atomic mass is 9.98. The van der Waals surface area contributed by atoms with Gasteiger partial charge in [0, 0.05) is 29.6 Å². The second kappa shape index (κ2) is 7.98. The van der Waals surface area contributed by atoms with Gasteiger partial charge >= 0.3 is 0 Å². The minimum atomic E-state index is -0.133. The molecule has 0 atom stereocenters. The summed E-state index contributed by atoms with van der Waals surface area (Å²) in [4.78, 5) is 17.9. The van der Waals surface area contributed by atoms with Crippen molar-refractivity contribution in [2.45, 2.75) is 19.4 Å². The molecule has 2 aromatic carbocycles. The van der Waals surface area contributed by atoms with Crippen molar-refractivity contribution in [3.05, 3.63) is 79.8 Å². The van der Waals surface area contributed by atoms with E-state index in [1.165, 1.54) is 22.5 Å². The predicted octanol–water partition coefficient (Wildman–Crippen LogP) is 4.94. The third kappa shape index (κ3) is 4.33. The summed E-state index contributed by atoms with van der Waals surface area (Å²) in [5, 5.41) is 7.90. The van der Waals surface area contributed by atoms with Crippen molar-refractivity contribution < 1.29 is 4.79 Å². The summed E-state index contributed by atoms with van der Waals surface area (Å²) in [5.41, 5.74) is 4.21. The SMILES string of the molecule is O=C(Nc1ncc(Cc2ccc(Cl)c(Cl)c2)s1)c1ccc2c(c1)CCNC2. The number of nitrogens with zero attached hydrogens (tertiary/aromatic N) is 1. The molecule has 0 unspecified atom stereocenters. The van der Waals surface area contributed by atoms with Crippen LogP contribution >= 0.6 is 34.5 Å². The van der Waals surface area contributed by atoms with E-state index < -0.39 is 0 Å². The standard InChI is InChI=1S/C20H17Cl2N3OS/c21-17-4-1-12(8-18(17)22)7-16-11-24-20(27-16)25-19(26)14-2-3-15-10-23-6-5-13(15)9-14/h1-4,8-9,11,23H,5-7,10H2,(H,24,25,26). The van der Waals surface area contributed by atoms with Crippen LogP contribution in [0.4, 0.5) is 5.13 Å². The van der Waals surface area contributed by atoms with Crippen molar-refractivity contribution in [3.8, 4) is 0 Å². The Morgan fingerprint density at radius 3 is 2.89 bits per heavy atom. The highest BCUT2D eigenvalue weighted by molar-refractivity contribution is 7.15. The summed E-state index contributed by atoms with van der Waals surface area (Å²) >= 11 is 13.5. The lowest BCUT2D eigenvalue weighted by Crippen LogP contribution is -2.24. The molecular weight excluding hydrogens is 401 g/mol. The fraction of sp³-hybridized carbons (Fsp3) is 0.200. The average Bonchev–Trinajstić information content (AvgIpc) is 3.11. The van der Waals surface area contributed by atoms with E-state index in [0.717, 1.165) is 30.0 Å². The Bertz CT molecular complexity index is 1000. The number of fused-ring (bicyclic) bond motifs is 1. The van der Waals surface area contributed by atoms with Crippen LogP contribution in [0, 0.1) is 0 Å². The van der Waals surface area contributed by atoms with Crippen molar-refractivity contribution in [2.75, 3.05) is 11.9 Å². The van der Waals surface area contributed by atoms with Gasteiger partial charge in [0.2, 0.25) is 0 Å². The lowest BCUT2D eigenvalue weighted by Gasteiger charge is -2.17. The van der Waals surface area contributed by atoms with Crippen LogP contribution in [0.1, 0.15) is 31.9 Å². The number of carbonyl (C=O) groups excluding carboxylic acids is 1. The molecule has 0 bridgehead atoms. The van der Waals surface area contributed by atoms with Crippen LogP contribution in [0.3, 0.4) is 0 Å². The first-order valence-corrected chi connectivity index (χ1v) is 10.2. The molecule has 0 radical (unpaired) electrons. The van der Waals surface area contributed by atoms with Crippen LogP contribution in [-0.4, -0.2) is 17.4 Å². The Hall–Kier alpha value is -1.92. The minimum Gasteiger partial charge on any atom is -0.312 e. The van der Waals surface area contributed by atoms with Gasteiger partial charge in [0.05, 0.1) is 10.0 Å². The molecule has 1 amide bonds. The van der Waals surface area contributed by atoms with Crippen molar-refractivity contribution in [1.82, 2.24) is 10.3 Å². The Balaban J connectivity index is 1.44. The first kappa shape index (κ1) is 18.4. The van der Waals surface area contributed by atoms with E-state index in [9.17, 15) is 4.79 Å². The molecule has 1 aliphatic rings. The molecule has 1 aliphatic heterocycles. The second-order valence-corrected chi connectivity index (χ2v) is 8.35. The third-order valence-electron chi connectivity index (χ3n) is 4.49. The van der Waals surface area contributed by atoms with Crippen LogP contribution in [0.2, 0.25) is 10.0 Å². The second-order valence-electron chi connectivity index (χ2n) is 6.42. The number of amides is 1. The largest absolute Gasteiger partial charge is 0.312 e. The average molecular weight is 418 g/mol. The smallest absolute Gasteiger partial charge is 0.257 e. The van der Waals surface area contributed by atoms with Crippen LogP contribution in [0.15, 0.2) is 42.6 Å². The molecule has 138 valence electrons. The Morgan fingerprint density at radius 2 is 2.04 bits per heavy atom. The Morgan fingerprint density at radius 1 is 1.15 bits per heavy atom. The van der Waals surface area contributed by atoms with Crippen molar-refractivity contribution in [1.29, 1.82) is 0 Å². The summed E-state index contributed by atoms with van der Waals surface area (Å²) in [6, 6.07) is 11.4. The number of hydrogen-bond donors (Lipinski definition) is 2. The molecule has 0 saturated carbocycles. The topological polar surface area (TPSA) is 54.0 Å². The van der Waals surface area contributed by atoms with Gasteiger partial charge < -0.3 is 5.32 Å². The first-order chi connectivity index (χ1) is 13.1. The number of nitrogens with one attached hydrogen (secondary N) is 2. The molecule has 0 aliphatic carbocycles. The molecule has 7 heteroatoms. The summed E-state index contributed by atoms with van der Waals surface area (Å²) in [7, 11) is 0. The predicted molar refractivity (Wildman–Crippen MR) is 111 cm³/mol. The molecular formula is C20H17Cl2N3OS. The maximum absolute atomic E-state index is 12.6. The Kier molecular flexibility index (Phi) is 5.45. The van der Waals surface area contributed by atoms with Gasteiger partial charge in [0.15, 0.2) is 5.13 Å². The number of benzene rings is 2. The van der Waals surface area contributed by atoms with Gasteiger partial charge in [-0.2, -0.15) is 0 Å². The van der Waals surface area contributed by atoms with Crippen molar-refractivity contribution in [3.63, 3.8) is 0 Å². The normalized spacial score (nSPS) is 13.3. The highest BCUT2D eigenvalue weighted by Crippen LogP contribution is 2.26. The maximum Gasteiger partial charge on any atom is 0.257 e. The summed E-state index contributed by atoms with van der Waals surface area (Å²) in [5.74, 6) is -0.133. The van der Waals surface area contributed by atoms with E-state index in [0.29, 0.717) is 27.2 Å². The highest BCUT2D eigenvalue weighted by atomic mass is 35.5. The van der Waals surface area contributed by atoms with Gasteiger partial charge in [0.1, 0.15) is 0 Å². The quantitative estimate of drug-likeness (QED) is 0.631. The Labute approximate surface area is 171 Å². The zero-order valence-corrected chi connectivity index (χ0v) is 16.7. The summed E-state index contributed by atoms with van der Waals surface area (Å²) < 4.78 is 0. The number of anilines is 1. The molecule has 3 aromatic rings. The van der Waals surface area contributed by atoms with Gasteiger partial charge in [-0.05, 0) is 53.9 Å². The molecule has 0 spiro atoms. The van der Waals surface area contributed by atoms with E-state index in [2.05, 4.69) is 15.6 Å². The van der Waals surface area contributed by atoms with E-state index in [1.807, 2.05) is 30.3 Å². The van der Waals surface area contributed by atoms with Crippen LogP contribution in [-0.2, 0) is 19.4 Å². The van der Waals surface area contributed by atoms with Crippen molar-refractivity contribution in [2.24, 2.45) is 0 Å². The molecule has 2 heterocycles. The number of carbonyl (C=O) groups is 1. The van der Waals surface area contributed by atoms with Crippen LogP contribution < -0.4 is 10.6 Å². The molecule has 1 aromatic heterocycles. The zero-order valence-electron chi connectivity index (χ0n) is 14.4. The zero-order chi connectivity index (χ0) is 18.8. The molecule has 2 N–H and O–H groups in total. The minimum absolute atomic E-state index is 0.133.